The Kier molecular flexibility index (Phi) is 18.2. The van der Waals surface area contributed by atoms with Crippen molar-refractivity contribution in [2.75, 3.05) is 13.6 Å². The minimum Gasteiger partial charge on any atom is -0.319 e. The molecule has 0 aliphatic heterocycles. The quantitative estimate of drug-likeness (QED) is 0.517. The van der Waals surface area contributed by atoms with E-state index in [1.165, 1.54) is 148 Å². The third-order valence-corrected chi connectivity index (χ3v) is 6.47. The van der Waals surface area contributed by atoms with Gasteiger partial charge < -0.3 is 5.32 Å². The Morgan fingerprint density at radius 2 is 0.654 bits per heavy atom. The molecular formula is C25H51N. The van der Waals surface area contributed by atoms with Crippen LogP contribution in [-0.4, -0.2) is 13.6 Å². The summed E-state index contributed by atoms with van der Waals surface area (Å²) in [6, 6.07) is 0. The molecule has 1 nitrogen and oxygen atoms in total. The van der Waals surface area contributed by atoms with E-state index in [2.05, 4.69) is 12.4 Å². The molecule has 0 unspecified atom stereocenters. The summed E-state index contributed by atoms with van der Waals surface area (Å²) in [7, 11) is 2.13. The number of rotatable bonds is 2. The van der Waals surface area contributed by atoms with E-state index in [0.717, 1.165) is 5.92 Å². The number of nitrogens with one attached hydrogen (secondary N) is 1. The monoisotopic (exact) mass is 365 g/mol. The normalized spacial score (nSPS) is 23.4. The minimum atomic E-state index is 0.932. The van der Waals surface area contributed by atoms with Gasteiger partial charge in [-0.3, -0.25) is 0 Å². The first kappa shape index (κ1) is 24.0. The molecule has 26 heavy (non-hydrogen) atoms. The molecule has 0 bridgehead atoms. The molecule has 0 aromatic carbocycles. The largest absolute Gasteiger partial charge is 0.319 e. The molecule has 0 radical (unpaired) electrons. The van der Waals surface area contributed by atoms with E-state index in [9.17, 15) is 0 Å². The average molecular weight is 366 g/mol. The van der Waals surface area contributed by atoms with Crippen molar-refractivity contribution < 1.29 is 0 Å². The third kappa shape index (κ3) is 16.2. The van der Waals surface area contributed by atoms with Crippen LogP contribution in [0.2, 0.25) is 0 Å². The first-order valence-corrected chi connectivity index (χ1v) is 12.6. The molecule has 0 aromatic heterocycles. The lowest BCUT2D eigenvalue weighted by Gasteiger charge is -2.16. The van der Waals surface area contributed by atoms with E-state index in [-0.39, 0.29) is 0 Å². The van der Waals surface area contributed by atoms with Gasteiger partial charge in [0.2, 0.25) is 0 Å². The van der Waals surface area contributed by atoms with Crippen molar-refractivity contribution in [2.24, 2.45) is 5.92 Å². The summed E-state index contributed by atoms with van der Waals surface area (Å²) in [6.07, 6.45) is 32.6. The van der Waals surface area contributed by atoms with E-state index in [1.807, 2.05) is 0 Å². The van der Waals surface area contributed by atoms with Crippen molar-refractivity contribution in [3.05, 3.63) is 0 Å². The summed E-state index contributed by atoms with van der Waals surface area (Å²) in [5.41, 5.74) is 0. The van der Waals surface area contributed by atoms with Crippen LogP contribution in [0.15, 0.2) is 0 Å². The predicted octanol–water partition coefficient (Wildman–Crippen LogP) is 8.42. The lowest BCUT2D eigenvalue weighted by Crippen LogP contribution is -2.18. The molecule has 1 rings (SSSR count). The Balaban J connectivity index is 2.17. The van der Waals surface area contributed by atoms with Gasteiger partial charge in [-0.25, -0.2) is 0 Å². The summed E-state index contributed by atoms with van der Waals surface area (Å²) in [5.74, 6) is 0.932. The van der Waals surface area contributed by atoms with Gasteiger partial charge in [-0.15, -0.1) is 0 Å². The maximum atomic E-state index is 3.43. The van der Waals surface area contributed by atoms with Gasteiger partial charge in [0, 0.05) is 0 Å². The van der Waals surface area contributed by atoms with Gasteiger partial charge in [0.05, 0.1) is 0 Å². The van der Waals surface area contributed by atoms with Crippen LogP contribution in [0.25, 0.3) is 0 Å². The number of hydrogen-bond donors (Lipinski definition) is 1. The van der Waals surface area contributed by atoms with Crippen molar-refractivity contribution in [3.63, 3.8) is 0 Å². The molecule has 0 spiro atoms. The van der Waals surface area contributed by atoms with Crippen molar-refractivity contribution >= 4 is 0 Å². The topological polar surface area (TPSA) is 12.0 Å². The summed E-state index contributed by atoms with van der Waals surface area (Å²) < 4.78 is 0. The van der Waals surface area contributed by atoms with E-state index in [1.54, 1.807) is 0 Å². The molecule has 1 heteroatoms. The van der Waals surface area contributed by atoms with Crippen LogP contribution in [0.3, 0.4) is 0 Å². The standard InChI is InChI=1S/C25H51N/c1-26-24-25-22-20-18-16-14-12-10-8-6-4-2-3-5-7-9-11-13-15-17-19-21-23-25/h25-26H,2-24H2,1H3. The fraction of sp³-hybridized carbons (Fsp3) is 1.00. The highest BCUT2D eigenvalue weighted by Crippen LogP contribution is 2.20. The summed E-state index contributed by atoms with van der Waals surface area (Å²) in [4.78, 5) is 0. The van der Waals surface area contributed by atoms with Gasteiger partial charge in [-0.2, -0.15) is 0 Å². The van der Waals surface area contributed by atoms with E-state index in [4.69, 9.17) is 0 Å². The zero-order valence-corrected chi connectivity index (χ0v) is 18.3. The lowest BCUT2D eigenvalue weighted by atomic mass is 9.94. The van der Waals surface area contributed by atoms with Gasteiger partial charge in [-0.1, -0.05) is 128 Å². The molecule has 0 amide bonds. The zero-order valence-electron chi connectivity index (χ0n) is 18.3. The average Bonchev–Trinajstić information content (AvgIpc) is 2.65. The molecule has 156 valence electrons. The summed E-state index contributed by atoms with van der Waals surface area (Å²) in [5, 5.41) is 3.43. The van der Waals surface area contributed by atoms with E-state index in [0.29, 0.717) is 0 Å². The second kappa shape index (κ2) is 19.7. The molecule has 1 aliphatic rings. The van der Waals surface area contributed by atoms with E-state index < -0.39 is 0 Å². The van der Waals surface area contributed by atoms with Gasteiger partial charge in [-0.05, 0) is 32.4 Å². The first-order chi connectivity index (χ1) is 12.9. The fourth-order valence-corrected chi connectivity index (χ4v) is 4.69. The number of hydrogen-bond acceptors (Lipinski definition) is 1. The molecule has 1 N–H and O–H groups in total. The SMILES string of the molecule is CNCC1CCCCCCCCCCCCCCCCCCCCCC1. The second-order valence-corrected chi connectivity index (χ2v) is 9.07. The summed E-state index contributed by atoms with van der Waals surface area (Å²) in [6.45, 7) is 1.24. The maximum Gasteiger partial charge on any atom is -0.00235 e. The van der Waals surface area contributed by atoms with Crippen LogP contribution in [0.1, 0.15) is 141 Å². The molecule has 1 fully saturated rings. The Labute approximate surface area is 166 Å². The molecule has 1 saturated carbocycles. The lowest BCUT2D eigenvalue weighted by molar-refractivity contribution is 0.391. The molecule has 0 saturated heterocycles. The molecule has 0 aromatic rings. The zero-order chi connectivity index (χ0) is 18.5. The van der Waals surface area contributed by atoms with Crippen LogP contribution < -0.4 is 5.32 Å². The van der Waals surface area contributed by atoms with Crippen molar-refractivity contribution in [2.45, 2.75) is 141 Å². The van der Waals surface area contributed by atoms with Crippen molar-refractivity contribution in [3.8, 4) is 0 Å². The third-order valence-electron chi connectivity index (χ3n) is 6.47. The highest BCUT2D eigenvalue weighted by atomic mass is 14.8. The van der Waals surface area contributed by atoms with Gasteiger partial charge in [0.15, 0.2) is 0 Å². The van der Waals surface area contributed by atoms with Crippen LogP contribution in [-0.2, 0) is 0 Å². The molecule has 0 atom stereocenters. The van der Waals surface area contributed by atoms with Gasteiger partial charge >= 0.3 is 0 Å². The molecule has 0 heterocycles. The van der Waals surface area contributed by atoms with Crippen LogP contribution in [0.4, 0.5) is 0 Å². The molecule has 1 aliphatic carbocycles. The van der Waals surface area contributed by atoms with Crippen LogP contribution in [0.5, 0.6) is 0 Å². The van der Waals surface area contributed by atoms with E-state index >= 15 is 0 Å². The van der Waals surface area contributed by atoms with Crippen molar-refractivity contribution in [1.29, 1.82) is 0 Å². The predicted molar refractivity (Wildman–Crippen MR) is 119 cm³/mol. The van der Waals surface area contributed by atoms with Crippen LogP contribution >= 0.6 is 0 Å². The van der Waals surface area contributed by atoms with Crippen LogP contribution in [0, 0.1) is 5.92 Å². The maximum absolute atomic E-state index is 3.43. The summed E-state index contributed by atoms with van der Waals surface area (Å²) >= 11 is 0. The Morgan fingerprint density at radius 3 is 0.885 bits per heavy atom. The van der Waals surface area contributed by atoms with Gasteiger partial charge in [0.25, 0.3) is 0 Å². The fourth-order valence-electron chi connectivity index (χ4n) is 4.69. The molecular weight excluding hydrogens is 314 g/mol. The minimum absolute atomic E-state index is 0.932. The highest BCUT2D eigenvalue weighted by molar-refractivity contribution is 4.63. The highest BCUT2D eigenvalue weighted by Gasteiger charge is 2.07. The first-order valence-electron chi connectivity index (χ1n) is 12.6. The Bertz CT molecular complexity index is 239. The second-order valence-electron chi connectivity index (χ2n) is 9.07. The Morgan fingerprint density at radius 1 is 0.423 bits per heavy atom. The van der Waals surface area contributed by atoms with Gasteiger partial charge in [0.1, 0.15) is 0 Å². The smallest absolute Gasteiger partial charge is 0.00235 e. The van der Waals surface area contributed by atoms with Crippen molar-refractivity contribution in [1.82, 2.24) is 5.32 Å². The Hall–Kier alpha value is -0.0400.